The van der Waals surface area contributed by atoms with Crippen LogP contribution in [0.15, 0.2) is 0 Å². The molecule has 2 N–H and O–H groups in total. The molecule has 2 saturated heterocycles. The van der Waals surface area contributed by atoms with Crippen molar-refractivity contribution < 1.29 is 4.74 Å². The number of fused-ring (bicyclic) bond motifs is 2. The lowest BCUT2D eigenvalue weighted by molar-refractivity contribution is -0.0960. The van der Waals surface area contributed by atoms with Crippen LogP contribution >= 0.6 is 11.9 Å². The fourth-order valence-electron chi connectivity index (χ4n) is 6.99. The Bertz CT molecular complexity index is 552. The molecule has 2 heterocycles. The summed E-state index contributed by atoms with van der Waals surface area (Å²) in [5.41, 5.74) is 0. The third-order valence-corrected chi connectivity index (χ3v) is 9.55. The van der Waals surface area contributed by atoms with Gasteiger partial charge in [0.15, 0.2) is 0 Å². The number of nitrogens with one attached hydrogen (secondary N) is 2. The van der Waals surface area contributed by atoms with E-state index < -0.39 is 0 Å². The molecule has 27 heavy (non-hydrogen) atoms. The summed E-state index contributed by atoms with van der Waals surface area (Å²) < 4.78 is 10.5. The number of rotatable bonds is 4. The molecule has 150 valence electrons. The predicted octanol–water partition coefficient (Wildman–Crippen LogP) is 3.88. The van der Waals surface area contributed by atoms with E-state index in [2.05, 4.69) is 16.1 Å². The second kappa shape index (κ2) is 8.22. The van der Waals surface area contributed by atoms with Gasteiger partial charge in [-0.3, -0.25) is 4.72 Å². The summed E-state index contributed by atoms with van der Waals surface area (Å²) in [5.74, 6) is 3.53. The van der Waals surface area contributed by atoms with Crippen molar-refractivity contribution in [3.63, 3.8) is 0 Å². The number of ether oxygens (including phenoxy) is 1. The molecule has 0 radical (unpaired) electrons. The van der Waals surface area contributed by atoms with Gasteiger partial charge in [0.2, 0.25) is 0 Å². The van der Waals surface area contributed by atoms with Gasteiger partial charge in [-0.25, -0.2) is 0 Å². The lowest BCUT2D eigenvalue weighted by atomic mass is 9.64. The standard InChI is InChI=1S/C22H35N3OS/c23-12-14-4-6-16(7-5-14)17-2-1-3-19(22(17)21-8-9-25-27-21)26-20-11-15-10-18(20)24-13-15/h14-22,24-25H,1-11,13H2. The van der Waals surface area contributed by atoms with Crippen LogP contribution in [-0.2, 0) is 4.74 Å². The van der Waals surface area contributed by atoms with Crippen LogP contribution in [0.5, 0.6) is 0 Å². The van der Waals surface area contributed by atoms with Crippen LogP contribution in [0, 0.1) is 40.9 Å². The molecule has 2 aliphatic heterocycles. The summed E-state index contributed by atoms with van der Waals surface area (Å²) in [6.07, 6.45) is 13.6. The summed E-state index contributed by atoms with van der Waals surface area (Å²) in [4.78, 5) is 0. The number of hydrogen-bond acceptors (Lipinski definition) is 5. The summed E-state index contributed by atoms with van der Waals surface area (Å²) in [5, 5.41) is 13.7. The van der Waals surface area contributed by atoms with E-state index in [0.29, 0.717) is 30.1 Å². The highest BCUT2D eigenvalue weighted by molar-refractivity contribution is 7.98. The van der Waals surface area contributed by atoms with Crippen molar-refractivity contribution in [1.29, 1.82) is 5.26 Å². The molecular weight excluding hydrogens is 354 g/mol. The molecule has 0 aromatic carbocycles. The average molecular weight is 390 g/mol. The highest BCUT2D eigenvalue weighted by atomic mass is 32.2. The topological polar surface area (TPSA) is 57.1 Å². The number of nitrogens with zero attached hydrogens (tertiary/aromatic N) is 1. The van der Waals surface area contributed by atoms with Crippen molar-refractivity contribution in [3.8, 4) is 6.07 Å². The van der Waals surface area contributed by atoms with Gasteiger partial charge < -0.3 is 10.1 Å². The zero-order valence-electron chi connectivity index (χ0n) is 16.4. The van der Waals surface area contributed by atoms with Gasteiger partial charge in [0.1, 0.15) is 0 Å². The largest absolute Gasteiger partial charge is 0.373 e. The highest BCUT2D eigenvalue weighted by Gasteiger charge is 2.47. The molecule has 5 fully saturated rings. The Kier molecular flexibility index (Phi) is 5.70. The Labute approximate surface area is 168 Å². The van der Waals surface area contributed by atoms with Crippen LogP contribution in [0.1, 0.15) is 64.2 Å². The fraction of sp³-hybridized carbons (Fsp3) is 0.955. The van der Waals surface area contributed by atoms with Gasteiger partial charge in [-0.2, -0.15) is 5.26 Å². The molecule has 0 aromatic heterocycles. The van der Waals surface area contributed by atoms with Crippen molar-refractivity contribution in [3.05, 3.63) is 0 Å². The van der Waals surface area contributed by atoms with Crippen LogP contribution in [0.3, 0.4) is 0 Å². The molecule has 5 aliphatic rings. The lowest BCUT2D eigenvalue weighted by Gasteiger charge is -2.47. The minimum absolute atomic E-state index is 0.318. The van der Waals surface area contributed by atoms with Crippen LogP contribution in [0.2, 0.25) is 0 Å². The summed E-state index contributed by atoms with van der Waals surface area (Å²) in [6, 6.07) is 3.14. The van der Waals surface area contributed by atoms with E-state index in [-0.39, 0.29) is 0 Å². The minimum Gasteiger partial charge on any atom is -0.373 e. The number of hydrogen-bond donors (Lipinski definition) is 2. The molecule has 0 spiro atoms. The molecular formula is C22H35N3OS. The van der Waals surface area contributed by atoms with Crippen molar-refractivity contribution in [2.75, 3.05) is 13.1 Å². The second-order valence-corrected chi connectivity index (χ2v) is 10.9. The highest BCUT2D eigenvalue weighted by Crippen LogP contribution is 2.49. The van der Waals surface area contributed by atoms with E-state index in [1.807, 2.05) is 11.9 Å². The van der Waals surface area contributed by atoms with E-state index in [4.69, 9.17) is 4.74 Å². The van der Waals surface area contributed by atoms with Gasteiger partial charge in [-0.1, -0.05) is 18.4 Å². The Balaban J connectivity index is 1.30. The molecule has 4 nitrogen and oxygen atoms in total. The van der Waals surface area contributed by atoms with E-state index in [0.717, 1.165) is 42.4 Å². The Morgan fingerprint density at radius 3 is 2.52 bits per heavy atom. The van der Waals surface area contributed by atoms with Crippen molar-refractivity contribution in [1.82, 2.24) is 10.0 Å². The van der Waals surface area contributed by atoms with Crippen LogP contribution in [0.4, 0.5) is 0 Å². The second-order valence-electron chi connectivity index (χ2n) is 9.82. The van der Waals surface area contributed by atoms with Gasteiger partial charge in [0.25, 0.3) is 0 Å². The average Bonchev–Trinajstić information content (AvgIpc) is 3.46. The van der Waals surface area contributed by atoms with E-state index in [1.54, 1.807) is 0 Å². The first-order valence-corrected chi connectivity index (χ1v) is 12.4. The third kappa shape index (κ3) is 3.80. The summed E-state index contributed by atoms with van der Waals surface area (Å²) in [6.45, 7) is 2.37. The van der Waals surface area contributed by atoms with E-state index in [9.17, 15) is 5.26 Å². The molecule has 7 unspecified atom stereocenters. The SMILES string of the molecule is N#CC1CCC(C2CCCC(OC3CC4CNC3C4)C2C2CCNS2)CC1. The van der Waals surface area contributed by atoms with Gasteiger partial charge >= 0.3 is 0 Å². The molecule has 3 saturated carbocycles. The quantitative estimate of drug-likeness (QED) is 0.715. The molecule has 3 aliphatic carbocycles. The normalized spacial score (nSPS) is 50.0. The maximum Gasteiger partial charge on any atom is 0.0735 e. The van der Waals surface area contributed by atoms with Crippen molar-refractivity contribution in [2.45, 2.75) is 87.7 Å². The molecule has 5 rings (SSSR count). The molecule has 2 bridgehead atoms. The van der Waals surface area contributed by atoms with E-state index >= 15 is 0 Å². The maximum atomic E-state index is 9.28. The number of piperidine rings is 1. The Morgan fingerprint density at radius 1 is 0.963 bits per heavy atom. The van der Waals surface area contributed by atoms with Gasteiger partial charge in [-0.15, -0.1) is 0 Å². The summed E-state index contributed by atoms with van der Waals surface area (Å²) in [7, 11) is 0. The maximum absolute atomic E-state index is 9.28. The molecule has 0 amide bonds. The van der Waals surface area contributed by atoms with E-state index in [1.165, 1.54) is 57.9 Å². The smallest absolute Gasteiger partial charge is 0.0735 e. The number of nitriles is 1. The third-order valence-electron chi connectivity index (χ3n) is 8.32. The van der Waals surface area contributed by atoms with Crippen LogP contribution in [-0.4, -0.2) is 36.6 Å². The first-order valence-electron chi connectivity index (χ1n) is 11.5. The Morgan fingerprint density at radius 2 is 1.85 bits per heavy atom. The van der Waals surface area contributed by atoms with Crippen LogP contribution < -0.4 is 10.0 Å². The molecule has 0 aromatic rings. The predicted molar refractivity (Wildman–Crippen MR) is 109 cm³/mol. The zero-order valence-corrected chi connectivity index (χ0v) is 17.3. The lowest BCUT2D eigenvalue weighted by Crippen LogP contribution is -2.48. The Hall–Kier alpha value is -0.280. The first kappa shape index (κ1) is 18.7. The first-order chi connectivity index (χ1) is 13.3. The molecule has 5 heteroatoms. The zero-order chi connectivity index (χ0) is 18.2. The molecule has 7 atom stereocenters. The van der Waals surface area contributed by atoms with Gasteiger partial charge in [0.05, 0.1) is 18.3 Å². The monoisotopic (exact) mass is 389 g/mol. The summed E-state index contributed by atoms with van der Waals surface area (Å²) >= 11 is 2.00. The van der Waals surface area contributed by atoms with Gasteiger partial charge in [0, 0.05) is 29.7 Å². The van der Waals surface area contributed by atoms with Crippen molar-refractivity contribution in [2.24, 2.45) is 29.6 Å². The van der Waals surface area contributed by atoms with Gasteiger partial charge in [-0.05, 0) is 82.1 Å². The van der Waals surface area contributed by atoms with Crippen LogP contribution in [0.25, 0.3) is 0 Å². The fourth-order valence-corrected chi connectivity index (χ4v) is 8.21. The minimum atomic E-state index is 0.318. The van der Waals surface area contributed by atoms with Crippen molar-refractivity contribution >= 4 is 11.9 Å².